The summed E-state index contributed by atoms with van der Waals surface area (Å²) in [6.07, 6.45) is 1.45. The molecule has 0 aliphatic carbocycles. The summed E-state index contributed by atoms with van der Waals surface area (Å²) in [4.78, 5) is 29.9. The molecular formula is C31H38N4O2. The molecule has 1 fully saturated rings. The lowest BCUT2D eigenvalue weighted by Crippen LogP contribution is -2.57. The van der Waals surface area contributed by atoms with E-state index in [0.29, 0.717) is 43.6 Å². The standard InChI is InChI=1S/C31H38N4O2/c1-21(2)17-25-19-29(28-14-10-9-13-27(28)22(3)4)32-33-30(25)31(37)34-15-16-35(23(5)36)26(20-34)18-24-11-7-6-8-12-24/h6-14,19,21-22,26H,15-18,20H2,1-5H3. The van der Waals surface area contributed by atoms with Gasteiger partial charge in [0, 0.05) is 32.1 Å². The lowest BCUT2D eigenvalue weighted by atomic mass is 9.93. The number of hydrogen-bond acceptors (Lipinski definition) is 4. The van der Waals surface area contributed by atoms with E-state index in [0.717, 1.165) is 28.8 Å². The Kier molecular flexibility index (Phi) is 8.37. The Bertz CT molecular complexity index is 1240. The number of carbonyl (C=O) groups excluding carboxylic acids is 2. The zero-order valence-electron chi connectivity index (χ0n) is 22.6. The largest absolute Gasteiger partial charge is 0.336 e. The van der Waals surface area contributed by atoms with Crippen LogP contribution < -0.4 is 0 Å². The van der Waals surface area contributed by atoms with Gasteiger partial charge in [-0.25, -0.2) is 0 Å². The molecule has 1 aromatic heterocycles. The van der Waals surface area contributed by atoms with Crippen LogP contribution in [0.4, 0.5) is 0 Å². The fraction of sp³-hybridized carbons (Fsp3) is 0.419. The maximum atomic E-state index is 13.8. The van der Waals surface area contributed by atoms with E-state index in [2.05, 4.69) is 68.2 Å². The molecule has 2 amide bonds. The maximum absolute atomic E-state index is 13.8. The van der Waals surface area contributed by atoms with Crippen molar-refractivity contribution in [2.45, 2.75) is 59.4 Å². The minimum atomic E-state index is -0.104. The van der Waals surface area contributed by atoms with Crippen molar-refractivity contribution in [2.75, 3.05) is 19.6 Å². The lowest BCUT2D eigenvalue weighted by Gasteiger charge is -2.41. The molecule has 0 spiro atoms. The average molecular weight is 499 g/mol. The molecule has 1 aliphatic rings. The number of hydrogen-bond donors (Lipinski definition) is 0. The van der Waals surface area contributed by atoms with Crippen LogP contribution in [-0.4, -0.2) is 57.5 Å². The third-order valence-electron chi connectivity index (χ3n) is 7.05. The number of nitrogens with zero attached hydrogens (tertiary/aromatic N) is 4. The van der Waals surface area contributed by atoms with Crippen LogP contribution in [-0.2, 0) is 17.6 Å². The van der Waals surface area contributed by atoms with Gasteiger partial charge in [-0.1, -0.05) is 82.3 Å². The first-order valence-corrected chi connectivity index (χ1v) is 13.3. The van der Waals surface area contributed by atoms with E-state index in [1.54, 1.807) is 6.92 Å². The highest BCUT2D eigenvalue weighted by atomic mass is 16.2. The molecule has 0 bridgehead atoms. The predicted octanol–water partition coefficient (Wildman–Crippen LogP) is 5.38. The smallest absolute Gasteiger partial charge is 0.274 e. The van der Waals surface area contributed by atoms with Crippen LogP contribution in [0.2, 0.25) is 0 Å². The van der Waals surface area contributed by atoms with Crippen LogP contribution in [0.15, 0.2) is 60.7 Å². The van der Waals surface area contributed by atoms with Crippen LogP contribution in [0, 0.1) is 5.92 Å². The van der Waals surface area contributed by atoms with E-state index in [9.17, 15) is 9.59 Å². The first-order chi connectivity index (χ1) is 17.7. The minimum Gasteiger partial charge on any atom is -0.336 e. The fourth-order valence-corrected chi connectivity index (χ4v) is 5.24. The van der Waals surface area contributed by atoms with Gasteiger partial charge in [-0.2, -0.15) is 0 Å². The van der Waals surface area contributed by atoms with Gasteiger partial charge < -0.3 is 9.80 Å². The Morgan fingerprint density at radius 1 is 0.946 bits per heavy atom. The first-order valence-electron chi connectivity index (χ1n) is 13.3. The van der Waals surface area contributed by atoms with Gasteiger partial charge in [-0.3, -0.25) is 9.59 Å². The van der Waals surface area contributed by atoms with Crippen molar-refractivity contribution >= 4 is 11.8 Å². The molecule has 2 aromatic carbocycles. The van der Waals surface area contributed by atoms with Crippen LogP contribution in [0.5, 0.6) is 0 Å². The van der Waals surface area contributed by atoms with Crippen molar-refractivity contribution < 1.29 is 9.59 Å². The van der Waals surface area contributed by atoms with Crippen molar-refractivity contribution in [3.05, 3.63) is 83.0 Å². The average Bonchev–Trinajstić information content (AvgIpc) is 2.88. The highest BCUT2D eigenvalue weighted by Crippen LogP contribution is 2.29. The van der Waals surface area contributed by atoms with Gasteiger partial charge in [0.2, 0.25) is 5.91 Å². The summed E-state index contributed by atoms with van der Waals surface area (Å²) in [5.41, 5.74) is 5.59. The zero-order chi connectivity index (χ0) is 26.5. The third-order valence-corrected chi connectivity index (χ3v) is 7.05. The Morgan fingerprint density at radius 2 is 1.65 bits per heavy atom. The van der Waals surface area contributed by atoms with Crippen molar-refractivity contribution in [2.24, 2.45) is 5.92 Å². The molecule has 0 saturated carbocycles. The van der Waals surface area contributed by atoms with Crippen molar-refractivity contribution in [3.8, 4) is 11.3 Å². The molecule has 6 heteroatoms. The molecule has 1 saturated heterocycles. The minimum absolute atomic E-state index is 0.0430. The topological polar surface area (TPSA) is 66.4 Å². The molecule has 2 heterocycles. The fourth-order valence-electron chi connectivity index (χ4n) is 5.24. The second-order valence-corrected chi connectivity index (χ2v) is 10.8. The van der Waals surface area contributed by atoms with Crippen molar-refractivity contribution in [1.29, 1.82) is 0 Å². The SMILES string of the molecule is CC(=O)N1CCN(C(=O)c2nnc(-c3ccccc3C(C)C)cc2CC(C)C)CC1Cc1ccccc1. The van der Waals surface area contributed by atoms with E-state index in [1.165, 1.54) is 5.56 Å². The van der Waals surface area contributed by atoms with E-state index in [-0.39, 0.29) is 17.9 Å². The molecule has 1 aliphatic heterocycles. The van der Waals surface area contributed by atoms with Gasteiger partial charge >= 0.3 is 0 Å². The van der Waals surface area contributed by atoms with Gasteiger partial charge in [-0.05, 0) is 47.4 Å². The summed E-state index contributed by atoms with van der Waals surface area (Å²) in [7, 11) is 0. The number of carbonyl (C=O) groups is 2. The molecule has 37 heavy (non-hydrogen) atoms. The molecule has 4 rings (SSSR count). The Balaban J connectivity index is 1.64. The normalized spacial score (nSPS) is 15.9. The van der Waals surface area contributed by atoms with E-state index in [4.69, 9.17) is 0 Å². The van der Waals surface area contributed by atoms with E-state index < -0.39 is 0 Å². The zero-order valence-corrected chi connectivity index (χ0v) is 22.6. The number of aromatic nitrogens is 2. The molecule has 1 unspecified atom stereocenters. The predicted molar refractivity (Wildman–Crippen MR) is 147 cm³/mol. The van der Waals surface area contributed by atoms with Gasteiger partial charge in [0.05, 0.1) is 11.7 Å². The third kappa shape index (κ3) is 6.24. The number of benzene rings is 2. The van der Waals surface area contributed by atoms with Crippen LogP contribution in [0.25, 0.3) is 11.3 Å². The van der Waals surface area contributed by atoms with Crippen molar-refractivity contribution in [1.82, 2.24) is 20.0 Å². The van der Waals surface area contributed by atoms with Gasteiger partial charge in [0.15, 0.2) is 5.69 Å². The molecule has 3 aromatic rings. The van der Waals surface area contributed by atoms with Gasteiger partial charge in [-0.15, -0.1) is 10.2 Å². The summed E-state index contributed by atoms with van der Waals surface area (Å²) in [6.45, 7) is 11.7. The highest BCUT2D eigenvalue weighted by molar-refractivity contribution is 5.94. The molecule has 0 radical (unpaired) electrons. The second kappa shape index (κ2) is 11.7. The quantitative estimate of drug-likeness (QED) is 0.439. The first kappa shape index (κ1) is 26.5. The molecular weight excluding hydrogens is 460 g/mol. The van der Waals surface area contributed by atoms with E-state index >= 15 is 0 Å². The Hall–Kier alpha value is -3.54. The summed E-state index contributed by atoms with van der Waals surface area (Å²) >= 11 is 0. The summed E-state index contributed by atoms with van der Waals surface area (Å²) in [6, 6.07) is 20.4. The molecule has 1 atom stereocenters. The van der Waals surface area contributed by atoms with Crippen LogP contribution in [0.3, 0.4) is 0 Å². The molecule has 6 nitrogen and oxygen atoms in total. The van der Waals surface area contributed by atoms with Crippen molar-refractivity contribution in [3.63, 3.8) is 0 Å². The highest BCUT2D eigenvalue weighted by Gasteiger charge is 2.33. The Morgan fingerprint density at radius 3 is 2.32 bits per heavy atom. The summed E-state index contributed by atoms with van der Waals surface area (Å²) < 4.78 is 0. The summed E-state index contributed by atoms with van der Waals surface area (Å²) in [5, 5.41) is 9.07. The number of piperazine rings is 1. The number of amides is 2. The monoisotopic (exact) mass is 498 g/mol. The molecule has 0 N–H and O–H groups in total. The maximum Gasteiger partial charge on any atom is 0.274 e. The lowest BCUT2D eigenvalue weighted by molar-refractivity contribution is -0.133. The van der Waals surface area contributed by atoms with Crippen LogP contribution >= 0.6 is 0 Å². The van der Waals surface area contributed by atoms with Gasteiger partial charge in [0.25, 0.3) is 5.91 Å². The molecule has 194 valence electrons. The van der Waals surface area contributed by atoms with E-state index in [1.807, 2.05) is 40.1 Å². The van der Waals surface area contributed by atoms with Gasteiger partial charge in [0.1, 0.15) is 0 Å². The summed E-state index contributed by atoms with van der Waals surface area (Å²) in [5.74, 6) is 0.658. The van der Waals surface area contributed by atoms with Crippen LogP contribution in [0.1, 0.15) is 67.7 Å². The number of rotatable bonds is 7. The second-order valence-electron chi connectivity index (χ2n) is 10.8. The Labute approximate surface area is 220 Å².